The minimum atomic E-state index is -1.06. The van der Waals surface area contributed by atoms with Gasteiger partial charge in [-0.2, -0.15) is 0 Å². The van der Waals surface area contributed by atoms with Crippen molar-refractivity contribution in [2.75, 3.05) is 39.5 Å². The molecule has 1 fully saturated rings. The molecule has 1 aliphatic heterocycles. The molecule has 1 aliphatic rings. The summed E-state index contributed by atoms with van der Waals surface area (Å²) in [5.74, 6) is 0. The number of amides is 2. The van der Waals surface area contributed by atoms with Gasteiger partial charge >= 0.3 is 24.5 Å². The van der Waals surface area contributed by atoms with E-state index in [4.69, 9.17) is 29.2 Å². The van der Waals surface area contributed by atoms with Crippen molar-refractivity contribution in [2.45, 2.75) is 139 Å². The van der Waals surface area contributed by atoms with Crippen LogP contribution in [0, 0.1) is 0 Å². The summed E-state index contributed by atoms with van der Waals surface area (Å²) in [7, 11) is 0. The number of nitrogens with one attached hydrogen (secondary N) is 1. The van der Waals surface area contributed by atoms with Crippen LogP contribution in [0.1, 0.15) is 104 Å². The number of hydrogen-bond acceptors (Lipinski definition) is 12. The molecule has 0 radical (unpaired) electrons. The minimum absolute atomic E-state index is 0.0389. The van der Waals surface area contributed by atoms with Crippen molar-refractivity contribution in [3.05, 3.63) is 0 Å². The van der Waals surface area contributed by atoms with Gasteiger partial charge in [-0.15, -0.1) is 0 Å². The molecule has 0 aromatic carbocycles. The van der Waals surface area contributed by atoms with Gasteiger partial charge in [-0.05, 0) is 90.0 Å². The molecular weight excluding hydrogens is 590 g/mol. The van der Waals surface area contributed by atoms with Gasteiger partial charge in [0.1, 0.15) is 23.4 Å². The number of aliphatic hydroxyl groups is 2. The molecular formula is C31H63N3O11. The van der Waals surface area contributed by atoms with E-state index in [0.717, 1.165) is 6.54 Å². The summed E-state index contributed by atoms with van der Waals surface area (Å²) < 4.78 is 23.7. The highest BCUT2D eigenvalue weighted by atomic mass is 16.8. The SMILES string of the molecule is CC(C)(C)OC(=O)OC(=O)OC(C)(C)C.CC(C)N(CCO)C(=O)OC(C)(C)C.CC(C)N1CCOC1=O.CC(C)NCCO. The lowest BCUT2D eigenvalue weighted by Gasteiger charge is -2.29. The number of aliphatic hydroxyl groups excluding tert-OH is 2. The summed E-state index contributed by atoms with van der Waals surface area (Å²) in [6.45, 7) is 29.8. The molecule has 0 spiro atoms. The Kier molecular flexibility index (Phi) is 23.4. The van der Waals surface area contributed by atoms with E-state index in [0.29, 0.717) is 25.7 Å². The fraction of sp³-hybridized carbons (Fsp3) is 0.871. The summed E-state index contributed by atoms with van der Waals surface area (Å²) in [4.78, 5) is 47.5. The number of carbonyl (C=O) groups is 4. The second-order valence-electron chi connectivity index (χ2n) is 13.8. The van der Waals surface area contributed by atoms with Crippen LogP contribution in [0.2, 0.25) is 0 Å². The number of hydrogen-bond donors (Lipinski definition) is 3. The molecule has 3 N–H and O–H groups in total. The third-order valence-electron chi connectivity index (χ3n) is 4.62. The summed E-state index contributed by atoms with van der Waals surface area (Å²) in [5, 5.41) is 20.1. The van der Waals surface area contributed by atoms with Gasteiger partial charge in [0.25, 0.3) is 0 Å². The van der Waals surface area contributed by atoms with E-state index in [2.05, 4.69) is 23.9 Å². The van der Waals surface area contributed by atoms with Crippen LogP contribution in [0.5, 0.6) is 0 Å². The number of rotatable bonds is 7. The zero-order valence-corrected chi connectivity index (χ0v) is 30.4. The molecule has 1 heterocycles. The normalized spacial score (nSPS) is 13.0. The lowest BCUT2D eigenvalue weighted by molar-refractivity contribution is -0.0294. The Balaban J connectivity index is -0.000000543. The Morgan fingerprint density at radius 1 is 0.822 bits per heavy atom. The number of carbonyl (C=O) groups excluding carboxylic acids is 4. The zero-order valence-electron chi connectivity index (χ0n) is 30.4. The van der Waals surface area contributed by atoms with Gasteiger partial charge in [-0.1, -0.05) is 13.8 Å². The largest absolute Gasteiger partial charge is 0.519 e. The van der Waals surface area contributed by atoms with E-state index >= 15 is 0 Å². The molecule has 45 heavy (non-hydrogen) atoms. The first-order valence-electron chi connectivity index (χ1n) is 15.3. The van der Waals surface area contributed by atoms with Crippen LogP contribution in [-0.4, -0.2) is 119 Å². The molecule has 1 saturated heterocycles. The Bertz CT molecular complexity index is 817. The average molecular weight is 654 g/mol. The highest BCUT2D eigenvalue weighted by Gasteiger charge is 2.25. The van der Waals surface area contributed by atoms with Gasteiger partial charge in [0, 0.05) is 31.2 Å². The smallest absolute Gasteiger partial charge is 0.448 e. The first kappa shape index (κ1) is 46.6. The van der Waals surface area contributed by atoms with Crippen LogP contribution in [-0.2, 0) is 23.7 Å². The number of ether oxygens (including phenoxy) is 5. The Morgan fingerprint density at radius 2 is 1.27 bits per heavy atom. The third-order valence-corrected chi connectivity index (χ3v) is 4.62. The maximum Gasteiger partial charge on any atom is 0.519 e. The Morgan fingerprint density at radius 3 is 1.49 bits per heavy atom. The molecule has 14 heteroatoms. The lowest BCUT2D eigenvalue weighted by Crippen LogP contribution is -2.42. The molecule has 268 valence electrons. The average Bonchev–Trinajstić information content (AvgIpc) is 3.24. The van der Waals surface area contributed by atoms with E-state index in [1.54, 1.807) is 46.4 Å². The van der Waals surface area contributed by atoms with Crippen LogP contribution >= 0.6 is 0 Å². The fourth-order valence-electron chi connectivity index (χ4n) is 2.83. The number of nitrogens with zero attached hydrogens (tertiary/aromatic N) is 2. The Labute approximate surface area is 271 Å². The minimum Gasteiger partial charge on any atom is -0.448 e. The highest BCUT2D eigenvalue weighted by molar-refractivity contribution is 5.77. The van der Waals surface area contributed by atoms with Crippen molar-refractivity contribution in [1.29, 1.82) is 0 Å². The third kappa shape index (κ3) is 30.9. The Hall–Kier alpha value is -2.84. The van der Waals surface area contributed by atoms with Crippen molar-refractivity contribution < 1.29 is 53.1 Å². The van der Waals surface area contributed by atoms with Gasteiger partial charge in [0.15, 0.2) is 0 Å². The van der Waals surface area contributed by atoms with Gasteiger partial charge in [-0.25, -0.2) is 19.2 Å². The van der Waals surface area contributed by atoms with Gasteiger partial charge in [-0.3, -0.25) is 0 Å². The molecule has 0 unspecified atom stereocenters. The van der Waals surface area contributed by atoms with Crippen LogP contribution in [0.25, 0.3) is 0 Å². The van der Waals surface area contributed by atoms with Crippen LogP contribution in [0.4, 0.5) is 19.2 Å². The second-order valence-corrected chi connectivity index (χ2v) is 13.8. The van der Waals surface area contributed by atoms with E-state index < -0.39 is 29.1 Å². The molecule has 2 amide bonds. The van der Waals surface area contributed by atoms with Crippen molar-refractivity contribution >= 4 is 24.5 Å². The highest BCUT2D eigenvalue weighted by Crippen LogP contribution is 2.13. The first-order valence-corrected chi connectivity index (χ1v) is 15.3. The quantitative estimate of drug-likeness (QED) is 0.184. The maximum atomic E-state index is 11.6. The van der Waals surface area contributed by atoms with E-state index in [9.17, 15) is 19.2 Å². The fourth-order valence-corrected chi connectivity index (χ4v) is 2.83. The summed E-state index contributed by atoms with van der Waals surface area (Å²) in [6, 6.07) is 0.809. The molecule has 1 rings (SSSR count). The predicted octanol–water partition coefficient (Wildman–Crippen LogP) is 5.32. The van der Waals surface area contributed by atoms with Gasteiger partial charge in [0.2, 0.25) is 0 Å². The molecule has 0 aliphatic carbocycles. The molecule has 0 aromatic rings. The zero-order chi connectivity index (χ0) is 36.2. The summed E-state index contributed by atoms with van der Waals surface area (Å²) >= 11 is 0. The molecule has 14 nitrogen and oxygen atoms in total. The monoisotopic (exact) mass is 653 g/mol. The van der Waals surface area contributed by atoms with Crippen LogP contribution in [0.15, 0.2) is 0 Å². The second kappa shape index (κ2) is 22.6. The van der Waals surface area contributed by atoms with Crippen molar-refractivity contribution in [3.63, 3.8) is 0 Å². The van der Waals surface area contributed by atoms with E-state index in [1.807, 2.05) is 48.5 Å². The van der Waals surface area contributed by atoms with Crippen LogP contribution < -0.4 is 5.32 Å². The first-order chi connectivity index (χ1) is 20.3. The van der Waals surface area contributed by atoms with Crippen molar-refractivity contribution in [2.24, 2.45) is 0 Å². The number of cyclic esters (lactones) is 1. The summed E-state index contributed by atoms with van der Waals surface area (Å²) in [5.41, 5.74) is -1.88. The van der Waals surface area contributed by atoms with Crippen molar-refractivity contribution in [3.8, 4) is 0 Å². The van der Waals surface area contributed by atoms with Gasteiger partial charge < -0.3 is 49.0 Å². The molecule has 0 bridgehead atoms. The van der Waals surface area contributed by atoms with E-state index in [1.165, 1.54) is 4.90 Å². The lowest BCUT2D eigenvalue weighted by atomic mass is 10.2. The standard InChI is InChI=1S/C10H21NO3.C10H18O5.C6H11NO2.C5H13NO/c1-8(2)11(6-7-12)9(13)14-10(3,4)5;1-9(2,3)14-7(11)13-8(12)15-10(4,5)6;1-5(2)7-3-4-9-6(7)8;1-5(2)6-3-4-7/h8,12H,6-7H2,1-5H3;1-6H3;5H,3-4H2,1-2H3;5-7H,3-4H2,1-2H3. The predicted molar refractivity (Wildman–Crippen MR) is 172 cm³/mol. The van der Waals surface area contributed by atoms with Crippen LogP contribution in [0.3, 0.4) is 0 Å². The molecule has 0 atom stereocenters. The molecule has 0 saturated carbocycles. The van der Waals surface area contributed by atoms with Crippen molar-refractivity contribution in [1.82, 2.24) is 15.1 Å². The summed E-state index contributed by atoms with van der Waals surface area (Å²) in [6.07, 6.45) is -2.67. The van der Waals surface area contributed by atoms with E-state index in [-0.39, 0.29) is 37.5 Å². The topological polar surface area (TPSA) is 173 Å². The maximum absolute atomic E-state index is 11.6. The molecule has 0 aromatic heterocycles. The van der Waals surface area contributed by atoms with Gasteiger partial charge in [0.05, 0.1) is 19.8 Å².